The predicted molar refractivity (Wildman–Crippen MR) is 122 cm³/mol. The van der Waals surface area contributed by atoms with E-state index in [9.17, 15) is 9.18 Å². The highest BCUT2D eigenvalue weighted by atomic mass is 32.2. The first-order valence-electron chi connectivity index (χ1n) is 10.0. The Kier molecular flexibility index (Phi) is 6.65. The standard InChI is InChI=1S/C24H23FN2O3S/c1-3-31-30-13-15-4-9-18-19(10-15)21-12-26-23(28)11-20(21)22(14-29-2)27-24(18)16-5-7-17(25)8-6-16/h4-12,22H,3,13-14H2,1-2H3,(H,26,28). The number of ether oxygens (including phenoxy) is 1. The van der Waals surface area contributed by atoms with Crippen LogP contribution in [0.4, 0.5) is 4.39 Å². The summed E-state index contributed by atoms with van der Waals surface area (Å²) in [6.45, 7) is 2.82. The van der Waals surface area contributed by atoms with Gasteiger partial charge in [-0.15, -0.1) is 0 Å². The Bertz CT molecular complexity index is 1160. The number of aromatic amines is 1. The van der Waals surface area contributed by atoms with Gasteiger partial charge >= 0.3 is 0 Å². The van der Waals surface area contributed by atoms with Crippen molar-refractivity contribution in [1.29, 1.82) is 0 Å². The largest absolute Gasteiger partial charge is 0.382 e. The number of H-pyrrole nitrogens is 1. The number of halogens is 1. The van der Waals surface area contributed by atoms with E-state index in [1.807, 2.05) is 19.1 Å². The summed E-state index contributed by atoms with van der Waals surface area (Å²) in [6.07, 6.45) is 1.73. The first-order chi connectivity index (χ1) is 15.1. The average molecular weight is 439 g/mol. The van der Waals surface area contributed by atoms with Crippen molar-refractivity contribution >= 4 is 17.8 Å². The fourth-order valence-electron chi connectivity index (χ4n) is 3.72. The zero-order chi connectivity index (χ0) is 21.8. The summed E-state index contributed by atoms with van der Waals surface area (Å²) >= 11 is 1.41. The van der Waals surface area contributed by atoms with Crippen molar-refractivity contribution < 1.29 is 13.3 Å². The highest BCUT2D eigenvalue weighted by molar-refractivity contribution is 7.94. The number of hydrogen-bond acceptors (Lipinski definition) is 5. The fourth-order valence-corrected chi connectivity index (χ4v) is 4.10. The number of nitrogens with one attached hydrogen (secondary N) is 1. The van der Waals surface area contributed by atoms with Crippen LogP contribution in [0.1, 0.15) is 35.2 Å². The number of rotatable bonds is 7. The minimum absolute atomic E-state index is 0.194. The molecule has 1 aliphatic heterocycles. The Hall–Kier alpha value is -2.74. The monoisotopic (exact) mass is 438 g/mol. The lowest BCUT2D eigenvalue weighted by Gasteiger charge is -2.14. The van der Waals surface area contributed by atoms with Crippen LogP contribution in [0.5, 0.6) is 0 Å². The third-order valence-corrected chi connectivity index (χ3v) is 5.62. The Morgan fingerprint density at radius 1 is 1.10 bits per heavy atom. The van der Waals surface area contributed by atoms with E-state index in [0.717, 1.165) is 44.8 Å². The second kappa shape index (κ2) is 9.60. The lowest BCUT2D eigenvalue weighted by molar-refractivity contribution is 0.182. The smallest absolute Gasteiger partial charge is 0.248 e. The molecular formula is C24H23FN2O3S. The fraction of sp³-hybridized carbons (Fsp3) is 0.250. The predicted octanol–water partition coefficient (Wildman–Crippen LogP) is 4.90. The van der Waals surface area contributed by atoms with Crippen molar-refractivity contribution in [2.24, 2.45) is 4.99 Å². The van der Waals surface area contributed by atoms with Crippen LogP contribution in [0, 0.1) is 5.82 Å². The van der Waals surface area contributed by atoms with Gasteiger partial charge < -0.3 is 13.9 Å². The maximum absolute atomic E-state index is 13.6. The van der Waals surface area contributed by atoms with Gasteiger partial charge in [0.1, 0.15) is 5.82 Å². The van der Waals surface area contributed by atoms with Gasteiger partial charge in [0.25, 0.3) is 0 Å². The zero-order valence-electron chi connectivity index (χ0n) is 17.4. The van der Waals surface area contributed by atoms with E-state index in [-0.39, 0.29) is 17.4 Å². The lowest BCUT2D eigenvalue weighted by atomic mass is 9.91. The molecular weight excluding hydrogens is 415 g/mol. The number of nitrogens with zero attached hydrogens (tertiary/aromatic N) is 1. The highest BCUT2D eigenvalue weighted by Crippen LogP contribution is 2.37. The molecule has 0 spiro atoms. The van der Waals surface area contributed by atoms with Crippen molar-refractivity contribution in [1.82, 2.24) is 4.98 Å². The molecule has 0 bridgehead atoms. The van der Waals surface area contributed by atoms with Crippen LogP contribution in [-0.4, -0.2) is 30.2 Å². The Labute approximate surface area is 184 Å². The number of pyridine rings is 1. The quantitative estimate of drug-likeness (QED) is 0.421. The van der Waals surface area contributed by atoms with Crippen molar-refractivity contribution in [3.05, 3.63) is 93.2 Å². The summed E-state index contributed by atoms with van der Waals surface area (Å²) < 4.78 is 24.6. The van der Waals surface area contributed by atoms with Gasteiger partial charge in [-0.05, 0) is 59.1 Å². The van der Waals surface area contributed by atoms with E-state index in [1.165, 1.54) is 24.2 Å². The highest BCUT2D eigenvalue weighted by Gasteiger charge is 2.25. The number of aliphatic imine (C=N–C) groups is 1. The second-order valence-corrected chi connectivity index (χ2v) is 8.22. The molecule has 0 saturated carbocycles. The SMILES string of the molecule is CCSOCc1ccc2c(c1)-c1c[nH]c(=O)cc1C(COC)N=C2c1ccc(F)cc1. The maximum Gasteiger partial charge on any atom is 0.248 e. The molecule has 31 heavy (non-hydrogen) atoms. The molecule has 2 aromatic carbocycles. The molecule has 0 aliphatic carbocycles. The van der Waals surface area contributed by atoms with Crippen LogP contribution >= 0.6 is 12.0 Å². The topological polar surface area (TPSA) is 63.7 Å². The first kappa shape index (κ1) is 21.5. The Morgan fingerprint density at radius 2 is 1.90 bits per heavy atom. The first-order valence-corrected chi connectivity index (χ1v) is 10.9. The molecule has 0 amide bonds. The molecule has 5 nitrogen and oxygen atoms in total. The third-order valence-electron chi connectivity index (χ3n) is 5.10. The van der Waals surface area contributed by atoms with Gasteiger partial charge in [-0.1, -0.05) is 19.1 Å². The Balaban J connectivity index is 1.92. The van der Waals surface area contributed by atoms with E-state index in [4.69, 9.17) is 13.9 Å². The molecule has 1 atom stereocenters. The number of aromatic nitrogens is 1. The van der Waals surface area contributed by atoms with Gasteiger partial charge in [-0.25, -0.2) is 4.39 Å². The summed E-state index contributed by atoms with van der Waals surface area (Å²) in [5.41, 5.74) is 5.89. The lowest BCUT2D eigenvalue weighted by Crippen LogP contribution is -2.12. The number of benzene rings is 2. The molecule has 0 saturated heterocycles. The second-order valence-electron chi connectivity index (χ2n) is 7.17. The molecule has 1 unspecified atom stereocenters. The molecule has 2 heterocycles. The van der Waals surface area contributed by atoms with Gasteiger partial charge in [0.2, 0.25) is 5.56 Å². The summed E-state index contributed by atoms with van der Waals surface area (Å²) in [7, 11) is 1.61. The molecule has 3 aromatic rings. The van der Waals surface area contributed by atoms with E-state index < -0.39 is 0 Å². The summed E-state index contributed by atoms with van der Waals surface area (Å²) in [5.74, 6) is 0.566. The molecule has 4 rings (SSSR count). The molecule has 7 heteroatoms. The molecule has 1 aromatic heterocycles. The number of fused-ring (bicyclic) bond motifs is 3. The van der Waals surface area contributed by atoms with Crippen LogP contribution in [0.3, 0.4) is 0 Å². The number of methoxy groups -OCH3 is 1. The van der Waals surface area contributed by atoms with Gasteiger partial charge in [0.15, 0.2) is 0 Å². The molecule has 0 fully saturated rings. The van der Waals surface area contributed by atoms with Crippen LogP contribution in [0.25, 0.3) is 11.1 Å². The molecule has 160 valence electrons. The van der Waals surface area contributed by atoms with Gasteiger partial charge in [-0.2, -0.15) is 0 Å². The average Bonchev–Trinajstić information content (AvgIpc) is 2.90. The summed E-state index contributed by atoms with van der Waals surface area (Å²) in [4.78, 5) is 19.9. The minimum atomic E-state index is -0.370. The minimum Gasteiger partial charge on any atom is -0.382 e. The van der Waals surface area contributed by atoms with E-state index in [1.54, 1.807) is 31.5 Å². The molecule has 0 radical (unpaired) electrons. The summed E-state index contributed by atoms with van der Waals surface area (Å²) in [6, 6.07) is 13.6. The van der Waals surface area contributed by atoms with E-state index >= 15 is 0 Å². The van der Waals surface area contributed by atoms with Crippen LogP contribution in [0.15, 0.2) is 64.5 Å². The van der Waals surface area contributed by atoms with Gasteiger partial charge in [-0.3, -0.25) is 9.79 Å². The van der Waals surface area contributed by atoms with Gasteiger partial charge in [0.05, 0.1) is 25.0 Å². The normalized spacial score (nSPS) is 15.1. The molecule has 1 aliphatic rings. The van der Waals surface area contributed by atoms with E-state index in [2.05, 4.69) is 11.1 Å². The maximum atomic E-state index is 13.6. The molecule has 1 N–H and O–H groups in total. The van der Waals surface area contributed by atoms with Crippen molar-refractivity contribution in [3.8, 4) is 11.1 Å². The van der Waals surface area contributed by atoms with Crippen molar-refractivity contribution in [2.45, 2.75) is 19.6 Å². The van der Waals surface area contributed by atoms with Gasteiger partial charge in [0, 0.05) is 41.8 Å². The zero-order valence-corrected chi connectivity index (χ0v) is 18.2. The van der Waals surface area contributed by atoms with E-state index in [0.29, 0.717) is 13.2 Å². The van der Waals surface area contributed by atoms with Crippen LogP contribution in [-0.2, 0) is 15.5 Å². The third kappa shape index (κ3) is 4.63. The Morgan fingerprint density at radius 3 is 2.65 bits per heavy atom. The number of hydrogen-bond donors (Lipinski definition) is 1. The van der Waals surface area contributed by atoms with Crippen LogP contribution < -0.4 is 5.56 Å². The van der Waals surface area contributed by atoms with Crippen LogP contribution in [0.2, 0.25) is 0 Å². The van der Waals surface area contributed by atoms with Crippen molar-refractivity contribution in [3.63, 3.8) is 0 Å². The van der Waals surface area contributed by atoms with Crippen molar-refractivity contribution in [2.75, 3.05) is 19.5 Å². The summed E-state index contributed by atoms with van der Waals surface area (Å²) in [5, 5.41) is 0.